The molecule has 152 valence electrons. The number of anilines is 1. The molecular weight excluding hydrogens is 420 g/mol. The summed E-state index contributed by atoms with van der Waals surface area (Å²) >= 11 is 12.3. The van der Waals surface area contributed by atoms with Crippen molar-refractivity contribution in [1.29, 1.82) is 0 Å². The smallest absolute Gasteiger partial charge is 0.123 e. The molecule has 2 nitrogen and oxygen atoms in total. The molecule has 0 aromatic heterocycles. The number of aliphatic hydroxyl groups is 1. The molecule has 30 heavy (non-hydrogen) atoms. The van der Waals surface area contributed by atoms with Crippen molar-refractivity contribution in [3.05, 3.63) is 112 Å². The zero-order valence-electron chi connectivity index (χ0n) is 16.0. The molecule has 4 rings (SSSR count). The van der Waals surface area contributed by atoms with Gasteiger partial charge in [0, 0.05) is 12.1 Å². The molecule has 2 N–H and O–H groups in total. The van der Waals surface area contributed by atoms with Crippen LogP contribution in [0.4, 0.5) is 10.1 Å². The number of rotatable bonds is 6. The van der Waals surface area contributed by atoms with Crippen LogP contribution in [0.3, 0.4) is 0 Å². The maximum atomic E-state index is 13.3. The zero-order valence-corrected chi connectivity index (χ0v) is 17.5. The fourth-order valence-electron chi connectivity index (χ4n) is 3.53. The first-order valence-corrected chi connectivity index (χ1v) is 10.4. The summed E-state index contributed by atoms with van der Waals surface area (Å²) in [6.07, 6.45) is -0.310. The minimum Gasteiger partial charge on any atom is -0.388 e. The third-order valence-electron chi connectivity index (χ3n) is 5.15. The Hall–Kier alpha value is -2.59. The molecule has 0 aliphatic heterocycles. The first-order chi connectivity index (χ1) is 14.5. The lowest BCUT2D eigenvalue weighted by Crippen LogP contribution is -2.15. The summed E-state index contributed by atoms with van der Waals surface area (Å²) in [5.74, 6) is -0.303. The molecule has 4 aromatic rings. The molecule has 0 heterocycles. The molecule has 0 saturated heterocycles. The average Bonchev–Trinajstić information content (AvgIpc) is 2.76. The van der Waals surface area contributed by atoms with Gasteiger partial charge < -0.3 is 10.4 Å². The predicted octanol–water partition coefficient (Wildman–Crippen LogP) is 7.56. The summed E-state index contributed by atoms with van der Waals surface area (Å²) in [7, 11) is 0. The Balaban J connectivity index is 1.63. The Morgan fingerprint density at radius 3 is 2.20 bits per heavy atom. The SMILES string of the molecule is OC(CC(Nc1ccc(F)cc1)c1ccc(Cl)c(Cl)c1)c1ccc2ccccc2c1. The molecule has 5 heteroatoms. The topological polar surface area (TPSA) is 32.3 Å². The van der Waals surface area contributed by atoms with E-state index in [2.05, 4.69) is 5.32 Å². The highest BCUT2D eigenvalue weighted by Crippen LogP contribution is 2.34. The van der Waals surface area contributed by atoms with Gasteiger partial charge in [0.05, 0.1) is 22.2 Å². The van der Waals surface area contributed by atoms with Crippen LogP contribution in [0.1, 0.15) is 29.7 Å². The number of nitrogens with one attached hydrogen (secondary N) is 1. The molecule has 0 bridgehead atoms. The maximum absolute atomic E-state index is 13.3. The van der Waals surface area contributed by atoms with E-state index in [9.17, 15) is 9.50 Å². The third kappa shape index (κ3) is 4.76. The Kier molecular flexibility index (Phi) is 6.24. The van der Waals surface area contributed by atoms with Crippen molar-refractivity contribution in [1.82, 2.24) is 0 Å². The van der Waals surface area contributed by atoms with E-state index >= 15 is 0 Å². The highest BCUT2D eigenvalue weighted by molar-refractivity contribution is 6.42. The number of aliphatic hydroxyl groups excluding tert-OH is 1. The maximum Gasteiger partial charge on any atom is 0.123 e. The fourth-order valence-corrected chi connectivity index (χ4v) is 3.84. The second-order valence-electron chi connectivity index (χ2n) is 7.24. The molecule has 0 spiro atoms. The van der Waals surface area contributed by atoms with Crippen molar-refractivity contribution in [2.75, 3.05) is 5.32 Å². The summed E-state index contributed by atoms with van der Waals surface area (Å²) < 4.78 is 13.3. The largest absolute Gasteiger partial charge is 0.388 e. The molecule has 4 aromatic carbocycles. The van der Waals surface area contributed by atoms with E-state index in [4.69, 9.17) is 23.2 Å². The quantitative estimate of drug-likeness (QED) is 0.324. The van der Waals surface area contributed by atoms with E-state index in [-0.39, 0.29) is 11.9 Å². The monoisotopic (exact) mass is 439 g/mol. The lowest BCUT2D eigenvalue weighted by Gasteiger charge is -2.24. The highest BCUT2D eigenvalue weighted by Gasteiger charge is 2.19. The van der Waals surface area contributed by atoms with Crippen LogP contribution < -0.4 is 5.32 Å². The first-order valence-electron chi connectivity index (χ1n) is 9.63. The van der Waals surface area contributed by atoms with E-state index in [1.54, 1.807) is 24.3 Å². The Morgan fingerprint density at radius 2 is 1.47 bits per heavy atom. The van der Waals surface area contributed by atoms with Crippen LogP contribution in [-0.4, -0.2) is 5.11 Å². The van der Waals surface area contributed by atoms with Gasteiger partial charge in [-0.25, -0.2) is 4.39 Å². The van der Waals surface area contributed by atoms with Gasteiger partial charge >= 0.3 is 0 Å². The predicted molar refractivity (Wildman–Crippen MR) is 123 cm³/mol. The standard InChI is InChI=1S/C25H20Cl2FNO/c26-22-12-7-18(14-23(22)27)24(29-21-10-8-20(28)9-11-21)15-25(30)19-6-5-16-3-1-2-4-17(16)13-19/h1-14,24-25,29-30H,15H2. The van der Waals surface area contributed by atoms with Crippen molar-refractivity contribution >= 4 is 39.7 Å². The number of hydrogen-bond donors (Lipinski definition) is 2. The van der Waals surface area contributed by atoms with Crippen molar-refractivity contribution in [2.24, 2.45) is 0 Å². The van der Waals surface area contributed by atoms with E-state index < -0.39 is 6.10 Å². The summed E-state index contributed by atoms with van der Waals surface area (Å²) in [4.78, 5) is 0. The van der Waals surface area contributed by atoms with Gasteiger partial charge in [0.15, 0.2) is 0 Å². The zero-order chi connectivity index (χ0) is 21.1. The summed E-state index contributed by atoms with van der Waals surface area (Å²) in [5, 5.41) is 17.5. The molecule has 0 aliphatic rings. The van der Waals surface area contributed by atoms with Crippen molar-refractivity contribution in [3.63, 3.8) is 0 Å². The van der Waals surface area contributed by atoms with Gasteiger partial charge in [0.1, 0.15) is 5.82 Å². The second kappa shape index (κ2) is 9.05. The summed E-state index contributed by atoms with van der Waals surface area (Å²) in [5.41, 5.74) is 2.46. The molecule has 0 amide bonds. The molecule has 0 fully saturated rings. The Bertz CT molecular complexity index is 1160. The van der Waals surface area contributed by atoms with E-state index in [1.807, 2.05) is 48.5 Å². The van der Waals surface area contributed by atoms with Crippen LogP contribution in [0.5, 0.6) is 0 Å². The highest BCUT2D eigenvalue weighted by atomic mass is 35.5. The molecular formula is C25H20Cl2FNO. The lowest BCUT2D eigenvalue weighted by molar-refractivity contribution is 0.161. The molecule has 0 aliphatic carbocycles. The van der Waals surface area contributed by atoms with Crippen molar-refractivity contribution < 1.29 is 9.50 Å². The number of halogens is 3. The van der Waals surface area contributed by atoms with Crippen LogP contribution in [0.25, 0.3) is 10.8 Å². The van der Waals surface area contributed by atoms with Gasteiger partial charge in [-0.1, -0.05) is 65.7 Å². The second-order valence-corrected chi connectivity index (χ2v) is 8.05. The van der Waals surface area contributed by atoms with Crippen LogP contribution in [-0.2, 0) is 0 Å². The lowest BCUT2D eigenvalue weighted by atomic mass is 9.95. The third-order valence-corrected chi connectivity index (χ3v) is 5.89. The minimum absolute atomic E-state index is 0.258. The van der Waals surface area contributed by atoms with Crippen LogP contribution in [0.2, 0.25) is 10.0 Å². The van der Waals surface area contributed by atoms with Crippen LogP contribution >= 0.6 is 23.2 Å². The van der Waals surface area contributed by atoms with Crippen LogP contribution in [0.15, 0.2) is 84.9 Å². The molecule has 2 atom stereocenters. The number of benzene rings is 4. The van der Waals surface area contributed by atoms with Crippen LogP contribution in [0, 0.1) is 5.82 Å². The minimum atomic E-state index is -0.706. The Labute approximate surface area is 184 Å². The molecule has 0 saturated carbocycles. The average molecular weight is 440 g/mol. The van der Waals surface area contributed by atoms with Gasteiger partial charge in [0.25, 0.3) is 0 Å². The van der Waals surface area contributed by atoms with Gasteiger partial charge in [-0.2, -0.15) is 0 Å². The van der Waals surface area contributed by atoms with Gasteiger partial charge in [0.2, 0.25) is 0 Å². The van der Waals surface area contributed by atoms with E-state index in [1.165, 1.54) is 12.1 Å². The molecule has 2 unspecified atom stereocenters. The molecule has 0 radical (unpaired) electrons. The summed E-state index contributed by atoms with van der Waals surface area (Å²) in [6, 6.07) is 25.3. The van der Waals surface area contributed by atoms with Crippen molar-refractivity contribution in [2.45, 2.75) is 18.6 Å². The van der Waals surface area contributed by atoms with Gasteiger partial charge in [-0.3, -0.25) is 0 Å². The first kappa shape index (κ1) is 20.7. The van der Waals surface area contributed by atoms with E-state index in [0.29, 0.717) is 16.5 Å². The summed E-state index contributed by atoms with van der Waals surface area (Å²) in [6.45, 7) is 0. The van der Waals surface area contributed by atoms with Gasteiger partial charge in [-0.05, 0) is 64.4 Å². The van der Waals surface area contributed by atoms with E-state index in [0.717, 1.165) is 27.6 Å². The Morgan fingerprint density at radius 1 is 0.767 bits per heavy atom. The normalized spacial score (nSPS) is 13.2. The fraction of sp³-hybridized carbons (Fsp3) is 0.120. The van der Waals surface area contributed by atoms with Crippen molar-refractivity contribution in [3.8, 4) is 0 Å². The van der Waals surface area contributed by atoms with Gasteiger partial charge in [-0.15, -0.1) is 0 Å². The number of fused-ring (bicyclic) bond motifs is 1. The number of hydrogen-bond acceptors (Lipinski definition) is 2.